The first kappa shape index (κ1) is 24.4. The molecule has 2 aromatic carbocycles. The highest BCUT2D eigenvalue weighted by Gasteiger charge is 2.24. The van der Waals surface area contributed by atoms with Gasteiger partial charge in [0.25, 0.3) is 5.91 Å². The minimum absolute atomic E-state index is 0.0248. The number of nitrogens with zero attached hydrogens (tertiary/aromatic N) is 3. The fourth-order valence-electron chi connectivity index (χ4n) is 4.07. The lowest BCUT2D eigenvalue weighted by Crippen LogP contribution is -2.38. The number of carbonyl (C=O) groups excluding carboxylic acids is 2. The summed E-state index contributed by atoms with van der Waals surface area (Å²) in [6, 6.07) is 21.5. The van der Waals surface area contributed by atoms with E-state index in [4.69, 9.17) is 5.10 Å². The Kier molecular flexibility index (Phi) is 7.77. The SMILES string of the molecule is CCCCN(CC(=O)Nc1c(-c2ccccc2)c(C)nn1-c1ccccc1C)C(=O)c1cccs1. The van der Waals surface area contributed by atoms with Crippen LogP contribution < -0.4 is 5.32 Å². The molecule has 0 saturated heterocycles. The highest BCUT2D eigenvalue weighted by atomic mass is 32.1. The molecule has 0 bridgehead atoms. The summed E-state index contributed by atoms with van der Waals surface area (Å²) in [7, 11) is 0. The fourth-order valence-corrected chi connectivity index (χ4v) is 4.76. The van der Waals surface area contributed by atoms with Gasteiger partial charge < -0.3 is 10.2 Å². The highest BCUT2D eigenvalue weighted by molar-refractivity contribution is 7.12. The molecule has 2 amide bonds. The second-order valence-corrected chi connectivity index (χ2v) is 9.43. The van der Waals surface area contributed by atoms with Crippen molar-refractivity contribution < 1.29 is 9.59 Å². The van der Waals surface area contributed by atoms with Crippen LogP contribution in [0.4, 0.5) is 5.82 Å². The van der Waals surface area contributed by atoms with Gasteiger partial charge in [-0.15, -0.1) is 11.3 Å². The minimum atomic E-state index is -0.252. The average molecular weight is 487 g/mol. The molecule has 180 valence electrons. The monoisotopic (exact) mass is 486 g/mol. The number of para-hydroxylation sites is 1. The molecule has 0 saturated carbocycles. The van der Waals surface area contributed by atoms with E-state index in [0.717, 1.165) is 40.9 Å². The molecule has 0 aliphatic carbocycles. The Bertz CT molecular complexity index is 1300. The number of amides is 2. The first-order valence-corrected chi connectivity index (χ1v) is 12.7. The summed E-state index contributed by atoms with van der Waals surface area (Å²) < 4.78 is 1.79. The van der Waals surface area contributed by atoms with Gasteiger partial charge in [-0.1, -0.05) is 67.9 Å². The van der Waals surface area contributed by atoms with Gasteiger partial charge in [-0.05, 0) is 48.9 Å². The molecule has 6 nitrogen and oxygen atoms in total. The van der Waals surface area contributed by atoms with Crippen molar-refractivity contribution in [1.82, 2.24) is 14.7 Å². The van der Waals surface area contributed by atoms with Gasteiger partial charge in [0, 0.05) is 12.1 Å². The van der Waals surface area contributed by atoms with Gasteiger partial charge in [0.1, 0.15) is 12.4 Å². The van der Waals surface area contributed by atoms with Crippen LogP contribution in [0.25, 0.3) is 16.8 Å². The molecule has 4 rings (SSSR count). The van der Waals surface area contributed by atoms with E-state index in [1.807, 2.05) is 79.9 Å². The van der Waals surface area contributed by atoms with E-state index in [0.29, 0.717) is 17.2 Å². The Hall–Kier alpha value is -3.71. The maximum atomic E-state index is 13.4. The van der Waals surface area contributed by atoms with Crippen molar-refractivity contribution in [3.05, 3.63) is 88.2 Å². The number of nitrogens with one attached hydrogen (secondary N) is 1. The summed E-state index contributed by atoms with van der Waals surface area (Å²) in [5, 5.41) is 9.78. The number of aromatic nitrogens is 2. The molecule has 1 N–H and O–H groups in total. The quantitative estimate of drug-likeness (QED) is 0.311. The van der Waals surface area contributed by atoms with E-state index in [-0.39, 0.29) is 18.4 Å². The molecule has 0 aliphatic rings. The maximum absolute atomic E-state index is 13.4. The zero-order valence-electron chi connectivity index (χ0n) is 20.3. The fraction of sp³-hybridized carbons (Fsp3) is 0.250. The number of unbranched alkanes of at least 4 members (excludes halogenated alkanes) is 1. The third kappa shape index (κ3) is 5.52. The Morgan fingerprint density at radius 2 is 1.74 bits per heavy atom. The third-order valence-electron chi connectivity index (χ3n) is 5.86. The molecule has 2 heterocycles. The van der Waals surface area contributed by atoms with Gasteiger partial charge in [0.15, 0.2) is 0 Å². The topological polar surface area (TPSA) is 67.2 Å². The first-order valence-electron chi connectivity index (χ1n) is 11.8. The lowest BCUT2D eigenvalue weighted by Gasteiger charge is -2.22. The lowest BCUT2D eigenvalue weighted by molar-refractivity contribution is -0.116. The largest absolute Gasteiger partial charge is 0.329 e. The van der Waals surface area contributed by atoms with Gasteiger partial charge in [-0.25, -0.2) is 4.68 Å². The van der Waals surface area contributed by atoms with E-state index in [9.17, 15) is 9.59 Å². The molecule has 0 atom stereocenters. The molecule has 0 aliphatic heterocycles. The van der Waals surface area contributed by atoms with Crippen molar-refractivity contribution in [2.24, 2.45) is 0 Å². The molecule has 4 aromatic rings. The van der Waals surface area contributed by atoms with Crippen LogP contribution in [0.15, 0.2) is 72.1 Å². The standard InChI is InChI=1S/C28H30N4O2S/c1-4-5-17-31(28(34)24-16-11-18-35-24)19-25(33)29-27-26(22-13-7-6-8-14-22)21(3)30-32(27)23-15-10-9-12-20(23)2/h6-16,18H,4-5,17,19H2,1-3H3,(H,29,33). The van der Waals surface area contributed by atoms with Crippen LogP contribution in [0.3, 0.4) is 0 Å². The van der Waals surface area contributed by atoms with E-state index < -0.39 is 0 Å². The summed E-state index contributed by atoms with van der Waals surface area (Å²) in [5.41, 5.74) is 4.59. The van der Waals surface area contributed by atoms with Crippen molar-refractivity contribution in [2.75, 3.05) is 18.4 Å². The Morgan fingerprint density at radius 1 is 1.00 bits per heavy atom. The summed E-state index contributed by atoms with van der Waals surface area (Å²) in [4.78, 5) is 28.7. The summed E-state index contributed by atoms with van der Waals surface area (Å²) in [5.74, 6) is 0.236. The first-order chi connectivity index (χ1) is 17.0. The molecular formula is C28H30N4O2S. The summed E-state index contributed by atoms with van der Waals surface area (Å²) in [6.45, 7) is 6.54. The Balaban J connectivity index is 1.69. The van der Waals surface area contributed by atoms with Crippen molar-refractivity contribution in [3.8, 4) is 16.8 Å². The zero-order chi connectivity index (χ0) is 24.8. The predicted molar refractivity (Wildman–Crippen MR) is 142 cm³/mol. The van der Waals surface area contributed by atoms with Crippen LogP contribution in [-0.2, 0) is 4.79 Å². The highest BCUT2D eigenvalue weighted by Crippen LogP contribution is 2.34. The third-order valence-corrected chi connectivity index (χ3v) is 6.72. The van der Waals surface area contributed by atoms with Crippen LogP contribution in [-0.4, -0.2) is 39.6 Å². The van der Waals surface area contributed by atoms with Gasteiger partial charge in [0.05, 0.1) is 16.3 Å². The minimum Gasteiger partial charge on any atom is -0.329 e. The number of benzene rings is 2. The molecule has 0 fully saturated rings. The van der Waals surface area contributed by atoms with Crippen LogP contribution in [0, 0.1) is 13.8 Å². The van der Waals surface area contributed by atoms with Crippen molar-refractivity contribution in [3.63, 3.8) is 0 Å². The molecular weight excluding hydrogens is 456 g/mol. The van der Waals surface area contributed by atoms with Crippen LogP contribution in [0.2, 0.25) is 0 Å². The van der Waals surface area contributed by atoms with E-state index >= 15 is 0 Å². The number of anilines is 1. The molecule has 0 spiro atoms. The van der Waals surface area contributed by atoms with Gasteiger partial charge in [-0.2, -0.15) is 5.10 Å². The Morgan fingerprint density at radius 3 is 2.43 bits per heavy atom. The Labute approximate surface area is 210 Å². The number of rotatable bonds is 9. The molecule has 0 radical (unpaired) electrons. The van der Waals surface area contributed by atoms with E-state index in [2.05, 4.69) is 12.2 Å². The van der Waals surface area contributed by atoms with Crippen LogP contribution in [0.5, 0.6) is 0 Å². The predicted octanol–water partition coefficient (Wildman–Crippen LogP) is 6.10. The van der Waals surface area contributed by atoms with Crippen molar-refractivity contribution in [2.45, 2.75) is 33.6 Å². The number of carbonyl (C=O) groups is 2. The zero-order valence-corrected chi connectivity index (χ0v) is 21.1. The van der Waals surface area contributed by atoms with E-state index in [1.165, 1.54) is 11.3 Å². The van der Waals surface area contributed by atoms with E-state index in [1.54, 1.807) is 15.6 Å². The maximum Gasteiger partial charge on any atom is 0.264 e. The normalized spacial score (nSPS) is 10.8. The number of aryl methyl sites for hydroxylation is 2. The lowest BCUT2D eigenvalue weighted by atomic mass is 10.1. The number of hydrogen-bond donors (Lipinski definition) is 1. The number of hydrogen-bond acceptors (Lipinski definition) is 4. The molecule has 35 heavy (non-hydrogen) atoms. The summed E-state index contributed by atoms with van der Waals surface area (Å²) in [6.07, 6.45) is 1.77. The van der Waals surface area contributed by atoms with Gasteiger partial charge in [0.2, 0.25) is 5.91 Å². The van der Waals surface area contributed by atoms with Crippen molar-refractivity contribution >= 4 is 29.0 Å². The molecule has 0 unspecified atom stereocenters. The molecule has 2 aromatic heterocycles. The van der Waals surface area contributed by atoms with Gasteiger partial charge >= 0.3 is 0 Å². The van der Waals surface area contributed by atoms with Crippen LogP contribution >= 0.6 is 11.3 Å². The van der Waals surface area contributed by atoms with Crippen molar-refractivity contribution in [1.29, 1.82) is 0 Å². The second kappa shape index (κ2) is 11.1. The smallest absolute Gasteiger partial charge is 0.264 e. The molecule has 7 heteroatoms. The second-order valence-electron chi connectivity index (χ2n) is 8.48. The average Bonchev–Trinajstić information content (AvgIpc) is 3.50. The summed E-state index contributed by atoms with van der Waals surface area (Å²) >= 11 is 1.39. The van der Waals surface area contributed by atoms with Gasteiger partial charge in [-0.3, -0.25) is 9.59 Å². The van der Waals surface area contributed by atoms with Crippen LogP contribution in [0.1, 0.15) is 40.7 Å². The number of thiophene rings is 1.